The van der Waals surface area contributed by atoms with Crippen molar-refractivity contribution in [3.63, 3.8) is 0 Å². The van der Waals surface area contributed by atoms with Gasteiger partial charge in [-0.05, 0) is 18.6 Å². The highest BCUT2D eigenvalue weighted by Crippen LogP contribution is 2.30. The van der Waals surface area contributed by atoms with Crippen LogP contribution in [0.2, 0.25) is 0 Å². The normalized spacial score (nSPS) is 10.0. The first kappa shape index (κ1) is 14.8. The minimum absolute atomic E-state index is 0.391. The summed E-state index contributed by atoms with van der Waals surface area (Å²) in [7, 11) is 3.21. The van der Waals surface area contributed by atoms with E-state index in [9.17, 15) is 0 Å². The third kappa shape index (κ3) is 3.95. The Morgan fingerprint density at radius 3 is 2.76 bits per heavy atom. The molecule has 0 aliphatic rings. The van der Waals surface area contributed by atoms with Gasteiger partial charge in [-0.3, -0.25) is 0 Å². The molecule has 2 N–H and O–H groups in total. The fourth-order valence-corrected chi connectivity index (χ4v) is 1.73. The average Bonchev–Trinajstić information content (AvgIpc) is 2.53. The zero-order valence-corrected chi connectivity index (χ0v) is 12.4. The zero-order chi connectivity index (χ0) is 15.1. The first-order chi connectivity index (χ1) is 10.3. The largest absolute Gasteiger partial charge is 0.497 e. The quantitative estimate of drug-likeness (QED) is 0.810. The molecule has 1 heterocycles. The van der Waals surface area contributed by atoms with E-state index < -0.39 is 0 Å². The Labute approximate surface area is 123 Å². The van der Waals surface area contributed by atoms with Gasteiger partial charge in [-0.1, -0.05) is 6.92 Å². The number of anilines is 3. The molecular formula is C14H19N5O2. The van der Waals surface area contributed by atoms with Crippen molar-refractivity contribution in [2.24, 2.45) is 0 Å². The molecule has 0 aliphatic heterocycles. The van der Waals surface area contributed by atoms with Crippen LogP contribution in [0.5, 0.6) is 11.5 Å². The van der Waals surface area contributed by atoms with Crippen LogP contribution in [0, 0.1) is 0 Å². The maximum absolute atomic E-state index is 5.30. The fourth-order valence-electron chi connectivity index (χ4n) is 1.73. The van der Waals surface area contributed by atoms with Gasteiger partial charge in [-0.15, -0.1) is 5.10 Å². The summed E-state index contributed by atoms with van der Waals surface area (Å²) in [4.78, 5) is 4.34. The minimum atomic E-state index is 0.391. The fraction of sp³-hybridized carbons (Fsp3) is 0.357. The molecule has 112 valence electrons. The van der Waals surface area contributed by atoms with Crippen molar-refractivity contribution < 1.29 is 9.47 Å². The maximum Gasteiger partial charge on any atom is 0.249 e. The van der Waals surface area contributed by atoms with Gasteiger partial charge in [0.2, 0.25) is 5.95 Å². The van der Waals surface area contributed by atoms with Crippen molar-refractivity contribution in [3.05, 3.63) is 24.4 Å². The van der Waals surface area contributed by atoms with Gasteiger partial charge < -0.3 is 20.1 Å². The van der Waals surface area contributed by atoms with Crippen LogP contribution in [0.4, 0.5) is 17.5 Å². The topological polar surface area (TPSA) is 81.2 Å². The molecular weight excluding hydrogens is 270 g/mol. The van der Waals surface area contributed by atoms with Gasteiger partial charge in [0.25, 0.3) is 0 Å². The SMILES string of the molecule is CCCNc1cnnc(Nc2cc(OC)ccc2OC)n1. The van der Waals surface area contributed by atoms with Crippen molar-refractivity contribution in [1.29, 1.82) is 0 Å². The minimum Gasteiger partial charge on any atom is -0.497 e. The van der Waals surface area contributed by atoms with Crippen LogP contribution in [0.1, 0.15) is 13.3 Å². The van der Waals surface area contributed by atoms with Crippen LogP contribution in [0.15, 0.2) is 24.4 Å². The number of nitrogens with zero attached hydrogens (tertiary/aromatic N) is 3. The second-order valence-electron chi connectivity index (χ2n) is 4.28. The highest BCUT2D eigenvalue weighted by atomic mass is 16.5. The molecule has 2 rings (SSSR count). The van der Waals surface area contributed by atoms with E-state index in [0.717, 1.165) is 13.0 Å². The van der Waals surface area contributed by atoms with Gasteiger partial charge in [0.15, 0.2) is 5.82 Å². The van der Waals surface area contributed by atoms with E-state index in [4.69, 9.17) is 9.47 Å². The summed E-state index contributed by atoms with van der Waals surface area (Å²) in [6.45, 7) is 2.92. The van der Waals surface area contributed by atoms with Gasteiger partial charge >= 0.3 is 0 Å². The van der Waals surface area contributed by atoms with Crippen LogP contribution >= 0.6 is 0 Å². The van der Waals surface area contributed by atoms with Crippen molar-refractivity contribution in [3.8, 4) is 11.5 Å². The number of methoxy groups -OCH3 is 2. The summed E-state index contributed by atoms with van der Waals surface area (Å²) in [5, 5.41) is 14.1. The van der Waals surface area contributed by atoms with E-state index in [1.165, 1.54) is 0 Å². The number of ether oxygens (including phenoxy) is 2. The molecule has 0 atom stereocenters. The Morgan fingerprint density at radius 1 is 1.19 bits per heavy atom. The molecule has 0 aliphatic carbocycles. The summed E-state index contributed by atoms with van der Waals surface area (Å²) >= 11 is 0. The molecule has 1 aromatic heterocycles. The molecule has 0 unspecified atom stereocenters. The molecule has 0 radical (unpaired) electrons. The number of hydrogen-bond donors (Lipinski definition) is 2. The van der Waals surface area contributed by atoms with Crippen LogP contribution in [0.25, 0.3) is 0 Å². The lowest BCUT2D eigenvalue weighted by atomic mass is 10.2. The van der Waals surface area contributed by atoms with Crippen molar-refractivity contribution in [1.82, 2.24) is 15.2 Å². The van der Waals surface area contributed by atoms with E-state index in [2.05, 4.69) is 32.7 Å². The lowest BCUT2D eigenvalue weighted by Crippen LogP contribution is -2.06. The standard InChI is InChI=1S/C14H19N5O2/c1-4-7-15-13-9-16-19-14(18-13)17-11-8-10(20-2)5-6-12(11)21-3/h5-6,8-9H,4,7H2,1-3H3,(H2,15,17,18,19). The number of rotatable bonds is 7. The smallest absolute Gasteiger partial charge is 0.249 e. The molecule has 0 amide bonds. The first-order valence-electron chi connectivity index (χ1n) is 6.69. The summed E-state index contributed by atoms with van der Waals surface area (Å²) in [5.74, 6) is 2.46. The third-order valence-electron chi connectivity index (χ3n) is 2.77. The Hall–Kier alpha value is -2.57. The first-order valence-corrected chi connectivity index (χ1v) is 6.69. The number of nitrogens with one attached hydrogen (secondary N) is 2. The highest BCUT2D eigenvalue weighted by Gasteiger charge is 2.08. The van der Waals surface area contributed by atoms with Gasteiger partial charge in [-0.25, -0.2) is 0 Å². The van der Waals surface area contributed by atoms with Crippen LogP contribution in [-0.2, 0) is 0 Å². The summed E-state index contributed by atoms with van der Waals surface area (Å²) < 4.78 is 10.5. The number of aromatic nitrogens is 3. The summed E-state index contributed by atoms with van der Waals surface area (Å²) in [6, 6.07) is 5.45. The van der Waals surface area contributed by atoms with Gasteiger partial charge in [0.05, 0.1) is 26.1 Å². The molecule has 1 aromatic carbocycles. The maximum atomic E-state index is 5.30. The highest BCUT2D eigenvalue weighted by molar-refractivity contribution is 5.65. The van der Waals surface area contributed by atoms with E-state index in [-0.39, 0.29) is 0 Å². The van der Waals surface area contributed by atoms with E-state index in [1.807, 2.05) is 18.2 Å². The summed E-state index contributed by atoms with van der Waals surface area (Å²) in [5.41, 5.74) is 0.714. The number of hydrogen-bond acceptors (Lipinski definition) is 7. The lowest BCUT2D eigenvalue weighted by Gasteiger charge is -2.11. The average molecular weight is 289 g/mol. The Kier molecular flexibility index (Phi) is 5.14. The van der Waals surface area contributed by atoms with Crippen molar-refractivity contribution in [2.75, 3.05) is 31.4 Å². The van der Waals surface area contributed by atoms with Crippen LogP contribution in [-0.4, -0.2) is 35.9 Å². The molecule has 0 saturated carbocycles. The Balaban J connectivity index is 2.20. The van der Waals surface area contributed by atoms with Gasteiger partial charge in [0.1, 0.15) is 11.5 Å². The second-order valence-corrected chi connectivity index (χ2v) is 4.28. The molecule has 2 aromatic rings. The molecule has 0 spiro atoms. The molecule has 7 heteroatoms. The lowest BCUT2D eigenvalue weighted by molar-refractivity contribution is 0.405. The molecule has 21 heavy (non-hydrogen) atoms. The Morgan fingerprint density at radius 2 is 2.05 bits per heavy atom. The zero-order valence-electron chi connectivity index (χ0n) is 12.4. The van der Waals surface area contributed by atoms with E-state index >= 15 is 0 Å². The second kappa shape index (κ2) is 7.28. The summed E-state index contributed by atoms with van der Waals surface area (Å²) in [6.07, 6.45) is 2.60. The van der Waals surface area contributed by atoms with Crippen molar-refractivity contribution in [2.45, 2.75) is 13.3 Å². The molecule has 0 bridgehead atoms. The van der Waals surface area contributed by atoms with E-state index in [1.54, 1.807) is 20.4 Å². The predicted molar refractivity (Wildman–Crippen MR) is 81.4 cm³/mol. The number of benzene rings is 1. The van der Waals surface area contributed by atoms with Gasteiger partial charge in [0, 0.05) is 12.6 Å². The third-order valence-corrected chi connectivity index (χ3v) is 2.77. The van der Waals surface area contributed by atoms with Crippen LogP contribution in [0.3, 0.4) is 0 Å². The van der Waals surface area contributed by atoms with Gasteiger partial charge in [-0.2, -0.15) is 10.1 Å². The molecule has 7 nitrogen and oxygen atoms in total. The van der Waals surface area contributed by atoms with Crippen LogP contribution < -0.4 is 20.1 Å². The molecule has 0 fully saturated rings. The van der Waals surface area contributed by atoms with E-state index in [0.29, 0.717) is 29.0 Å². The molecule has 0 saturated heterocycles. The monoisotopic (exact) mass is 289 g/mol. The predicted octanol–water partition coefficient (Wildman–Crippen LogP) is 2.45. The van der Waals surface area contributed by atoms with Crippen molar-refractivity contribution >= 4 is 17.5 Å². The Bertz CT molecular complexity index is 591.